The zero-order valence-corrected chi connectivity index (χ0v) is 15.1. The molecule has 2 rings (SSSR count). The number of aryl methyl sites for hydroxylation is 1. The molecule has 1 N–H and O–H groups in total. The minimum Gasteiger partial charge on any atom is -0.481 e. The molecule has 21 heavy (non-hydrogen) atoms. The van der Waals surface area contributed by atoms with Crippen LogP contribution in [0.4, 0.5) is 0 Å². The number of hydrogen-bond acceptors (Lipinski definition) is 1. The molecule has 0 radical (unpaired) electrons. The Labute approximate surface area is 140 Å². The van der Waals surface area contributed by atoms with Crippen LogP contribution in [0.3, 0.4) is 0 Å². The highest BCUT2D eigenvalue weighted by molar-refractivity contribution is 8.93. The Morgan fingerprint density at radius 3 is 2.19 bits per heavy atom. The standard InChI is InChI=1S/C17H18O2.BrH.H3P/c18-17(19)13-7-5-11-15-10-4-6-12-16(15)14-8-2-1-3-9-14;;/h1-4,6,8-10,12H,5,7,11,13H2,(H,18,19);1H;1H3. The van der Waals surface area contributed by atoms with Gasteiger partial charge in [-0.1, -0.05) is 54.6 Å². The lowest BCUT2D eigenvalue weighted by Crippen LogP contribution is -1.96. The third-order valence-corrected chi connectivity index (χ3v) is 3.19. The average molecular weight is 369 g/mol. The second kappa shape index (κ2) is 10.5. The van der Waals surface area contributed by atoms with E-state index in [0.717, 1.165) is 19.3 Å². The third kappa shape index (κ3) is 6.41. The lowest BCUT2D eigenvalue weighted by Gasteiger charge is -2.09. The van der Waals surface area contributed by atoms with Crippen LogP contribution in [-0.4, -0.2) is 11.1 Å². The Morgan fingerprint density at radius 2 is 1.52 bits per heavy atom. The van der Waals surface area contributed by atoms with Crippen molar-refractivity contribution < 1.29 is 9.90 Å². The summed E-state index contributed by atoms with van der Waals surface area (Å²) in [6, 6.07) is 18.6. The molecular formula is C17H22BrO2P. The predicted molar refractivity (Wildman–Crippen MR) is 98.5 cm³/mol. The van der Waals surface area contributed by atoms with Crippen molar-refractivity contribution in [3.8, 4) is 11.1 Å². The van der Waals surface area contributed by atoms with E-state index < -0.39 is 5.97 Å². The van der Waals surface area contributed by atoms with Crippen LogP contribution in [0.2, 0.25) is 0 Å². The number of aliphatic carboxylic acids is 1. The molecule has 1 unspecified atom stereocenters. The molecule has 0 saturated heterocycles. The summed E-state index contributed by atoms with van der Waals surface area (Å²) in [5.74, 6) is -0.712. The van der Waals surface area contributed by atoms with Gasteiger partial charge in [-0.05, 0) is 36.0 Å². The smallest absolute Gasteiger partial charge is 0.303 e. The number of rotatable bonds is 6. The molecule has 4 heteroatoms. The monoisotopic (exact) mass is 368 g/mol. The molecule has 0 spiro atoms. The van der Waals surface area contributed by atoms with E-state index >= 15 is 0 Å². The SMILES string of the molecule is Br.O=C(O)CCCCc1ccccc1-c1ccccc1.P. The largest absolute Gasteiger partial charge is 0.481 e. The van der Waals surface area contributed by atoms with Crippen molar-refractivity contribution in [3.63, 3.8) is 0 Å². The molecule has 1 atom stereocenters. The summed E-state index contributed by atoms with van der Waals surface area (Å²) in [7, 11) is 0. The summed E-state index contributed by atoms with van der Waals surface area (Å²) in [4.78, 5) is 10.5. The zero-order chi connectivity index (χ0) is 13.5. The van der Waals surface area contributed by atoms with E-state index in [9.17, 15) is 4.79 Å². The highest BCUT2D eigenvalue weighted by Crippen LogP contribution is 2.24. The van der Waals surface area contributed by atoms with Gasteiger partial charge in [0.15, 0.2) is 0 Å². The quantitative estimate of drug-likeness (QED) is 0.587. The molecule has 2 aromatic carbocycles. The van der Waals surface area contributed by atoms with Gasteiger partial charge < -0.3 is 5.11 Å². The van der Waals surface area contributed by atoms with E-state index in [1.807, 2.05) is 30.3 Å². The molecule has 114 valence electrons. The number of hydrogen-bond donors (Lipinski definition) is 1. The predicted octanol–water partition coefficient (Wildman–Crippen LogP) is 4.79. The van der Waals surface area contributed by atoms with Crippen LogP contribution < -0.4 is 0 Å². The molecule has 0 amide bonds. The zero-order valence-electron chi connectivity index (χ0n) is 12.0. The maximum Gasteiger partial charge on any atom is 0.303 e. The summed E-state index contributed by atoms with van der Waals surface area (Å²) in [6.45, 7) is 0. The van der Waals surface area contributed by atoms with Crippen molar-refractivity contribution in [2.75, 3.05) is 0 Å². The first kappa shape index (κ1) is 19.8. The van der Waals surface area contributed by atoms with Gasteiger partial charge in [0, 0.05) is 6.42 Å². The summed E-state index contributed by atoms with van der Waals surface area (Å²) >= 11 is 0. The number of unbranched alkanes of at least 4 members (excludes halogenated alkanes) is 1. The second-order valence-electron chi connectivity index (χ2n) is 4.62. The van der Waals surface area contributed by atoms with Crippen molar-refractivity contribution in [2.45, 2.75) is 25.7 Å². The average Bonchev–Trinajstić information content (AvgIpc) is 2.45. The fraction of sp³-hybridized carbons (Fsp3) is 0.235. The molecule has 0 heterocycles. The van der Waals surface area contributed by atoms with E-state index in [-0.39, 0.29) is 33.3 Å². The lowest BCUT2D eigenvalue weighted by atomic mass is 9.96. The van der Waals surface area contributed by atoms with Crippen LogP contribution in [0, 0.1) is 0 Å². The molecular weight excluding hydrogens is 347 g/mol. The van der Waals surface area contributed by atoms with Gasteiger partial charge in [0.25, 0.3) is 0 Å². The molecule has 0 saturated carbocycles. The highest BCUT2D eigenvalue weighted by Gasteiger charge is 2.04. The molecule has 0 aliphatic rings. The molecule has 0 aliphatic heterocycles. The van der Waals surface area contributed by atoms with Gasteiger partial charge in [-0.15, -0.1) is 17.0 Å². The van der Waals surface area contributed by atoms with Crippen LogP contribution in [0.5, 0.6) is 0 Å². The van der Waals surface area contributed by atoms with Crippen LogP contribution >= 0.6 is 26.9 Å². The molecule has 0 bridgehead atoms. The van der Waals surface area contributed by atoms with E-state index in [1.54, 1.807) is 0 Å². The number of carboxylic acid groups (broad SMARTS) is 1. The molecule has 0 fully saturated rings. The van der Waals surface area contributed by atoms with E-state index in [1.165, 1.54) is 16.7 Å². The highest BCUT2D eigenvalue weighted by atomic mass is 79.9. The fourth-order valence-electron chi connectivity index (χ4n) is 2.23. The first-order valence-corrected chi connectivity index (χ1v) is 6.62. The Hall–Kier alpha value is -1.18. The van der Waals surface area contributed by atoms with Gasteiger partial charge in [-0.25, -0.2) is 0 Å². The number of benzene rings is 2. The summed E-state index contributed by atoms with van der Waals surface area (Å²) in [6.07, 6.45) is 2.83. The van der Waals surface area contributed by atoms with Gasteiger partial charge in [0.2, 0.25) is 0 Å². The summed E-state index contributed by atoms with van der Waals surface area (Å²) in [5, 5.41) is 8.64. The second-order valence-corrected chi connectivity index (χ2v) is 4.62. The third-order valence-electron chi connectivity index (χ3n) is 3.19. The Balaban J connectivity index is 0.00000200. The van der Waals surface area contributed by atoms with Crippen molar-refractivity contribution in [2.24, 2.45) is 0 Å². The number of carboxylic acids is 1. The van der Waals surface area contributed by atoms with Gasteiger partial charge in [-0.2, -0.15) is 9.90 Å². The first-order valence-electron chi connectivity index (χ1n) is 6.62. The normalized spacial score (nSPS) is 9.33. The van der Waals surface area contributed by atoms with Gasteiger partial charge in [-0.3, -0.25) is 4.79 Å². The van der Waals surface area contributed by atoms with Crippen LogP contribution in [0.1, 0.15) is 24.8 Å². The van der Waals surface area contributed by atoms with Crippen molar-refractivity contribution in [1.82, 2.24) is 0 Å². The molecule has 2 aromatic rings. The van der Waals surface area contributed by atoms with Gasteiger partial charge in [0.1, 0.15) is 0 Å². The Morgan fingerprint density at radius 1 is 0.905 bits per heavy atom. The minimum atomic E-state index is -0.712. The Bertz CT molecular complexity index is 543. The summed E-state index contributed by atoms with van der Waals surface area (Å²) < 4.78 is 0. The van der Waals surface area contributed by atoms with Crippen molar-refractivity contribution >= 4 is 32.8 Å². The van der Waals surface area contributed by atoms with Crippen molar-refractivity contribution in [3.05, 3.63) is 60.2 Å². The maximum atomic E-state index is 10.5. The lowest BCUT2D eigenvalue weighted by molar-refractivity contribution is -0.137. The number of carbonyl (C=O) groups is 1. The molecule has 0 aliphatic carbocycles. The van der Waals surface area contributed by atoms with Crippen LogP contribution in [0.15, 0.2) is 54.6 Å². The first-order chi connectivity index (χ1) is 9.27. The number of halogens is 1. The van der Waals surface area contributed by atoms with E-state index in [0.29, 0.717) is 0 Å². The molecule has 0 aromatic heterocycles. The minimum absolute atomic E-state index is 0. The maximum absolute atomic E-state index is 10.5. The van der Waals surface area contributed by atoms with Crippen LogP contribution in [0.25, 0.3) is 11.1 Å². The fourth-order valence-corrected chi connectivity index (χ4v) is 2.23. The van der Waals surface area contributed by atoms with E-state index in [4.69, 9.17) is 5.11 Å². The Kier molecular flexibility index (Phi) is 9.94. The molecule has 2 nitrogen and oxygen atoms in total. The van der Waals surface area contributed by atoms with E-state index in [2.05, 4.69) is 24.3 Å². The van der Waals surface area contributed by atoms with Crippen LogP contribution in [-0.2, 0) is 11.2 Å². The van der Waals surface area contributed by atoms with Crippen molar-refractivity contribution in [1.29, 1.82) is 0 Å². The van der Waals surface area contributed by atoms with Gasteiger partial charge in [0.05, 0.1) is 0 Å². The topological polar surface area (TPSA) is 37.3 Å². The van der Waals surface area contributed by atoms with Gasteiger partial charge >= 0.3 is 5.97 Å². The summed E-state index contributed by atoms with van der Waals surface area (Å²) in [5.41, 5.74) is 3.76.